The molecule has 14 nitrogen and oxygen atoms in total. The lowest BCUT2D eigenvalue weighted by molar-refractivity contribution is -0.139. The molecule has 1 aliphatic rings. The van der Waals surface area contributed by atoms with Crippen molar-refractivity contribution in [1.29, 1.82) is 5.41 Å². The number of ether oxygens (including phenoxy) is 1. The highest BCUT2D eigenvalue weighted by Crippen LogP contribution is 2.39. The topological polar surface area (TPSA) is 224 Å². The average Bonchev–Trinajstić information content (AvgIpc) is 3.80. The number of aromatic nitrogens is 2. The molecule has 0 fully saturated rings. The summed E-state index contributed by atoms with van der Waals surface area (Å²) in [6, 6.07) is 11.5. The first-order valence-corrected chi connectivity index (χ1v) is 16.8. The van der Waals surface area contributed by atoms with Crippen LogP contribution in [0.3, 0.4) is 0 Å². The third-order valence-electron chi connectivity index (χ3n) is 7.18. The van der Waals surface area contributed by atoms with Crippen molar-refractivity contribution in [2.24, 2.45) is 5.73 Å². The minimum absolute atomic E-state index is 0.0140. The maximum absolute atomic E-state index is 13.8. The van der Waals surface area contributed by atoms with E-state index in [1.807, 2.05) is 30.3 Å². The Labute approximate surface area is 269 Å². The second kappa shape index (κ2) is 14.4. The van der Waals surface area contributed by atoms with E-state index in [0.717, 1.165) is 33.9 Å². The van der Waals surface area contributed by atoms with Crippen LogP contribution in [0.1, 0.15) is 39.5 Å². The first kappa shape index (κ1) is 32.5. The highest BCUT2D eigenvalue weighted by molar-refractivity contribution is 7.92. The van der Waals surface area contributed by atoms with E-state index in [-0.39, 0.29) is 40.1 Å². The molecular weight excluding hydrogens is 633 g/mol. The number of aromatic amines is 1. The minimum Gasteiger partial charge on any atom is -0.492 e. The number of nitrogens with one attached hydrogen (secondary N) is 6. The predicted molar refractivity (Wildman–Crippen MR) is 173 cm³/mol. The van der Waals surface area contributed by atoms with Gasteiger partial charge in [-0.1, -0.05) is 18.2 Å². The van der Waals surface area contributed by atoms with Crippen LogP contribution >= 0.6 is 11.3 Å². The van der Waals surface area contributed by atoms with E-state index in [1.165, 1.54) is 6.07 Å². The molecule has 1 aliphatic heterocycles. The number of imidazole rings is 1. The van der Waals surface area contributed by atoms with Gasteiger partial charge in [0.05, 0.1) is 18.8 Å². The Morgan fingerprint density at radius 2 is 2.02 bits per heavy atom. The fourth-order valence-corrected chi connectivity index (χ4v) is 7.10. The summed E-state index contributed by atoms with van der Waals surface area (Å²) >= 11 is 0.980. The Kier molecular flexibility index (Phi) is 10.2. The van der Waals surface area contributed by atoms with Gasteiger partial charge >= 0.3 is 5.97 Å². The Hall–Kier alpha value is -4.93. The third kappa shape index (κ3) is 8.01. The van der Waals surface area contributed by atoms with E-state index in [9.17, 15) is 23.1 Å². The molecule has 0 radical (unpaired) electrons. The number of thiophene rings is 1. The molecule has 5 rings (SSSR count). The van der Waals surface area contributed by atoms with Crippen LogP contribution in [0.5, 0.6) is 5.75 Å². The van der Waals surface area contributed by atoms with E-state index in [1.54, 1.807) is 23.8 Å². The number of carbonyl (C=O) groups excluding carboxylic acids is 1. The van der Waals surface area contributed by atoms with Crippen molar-refractivity contribution in [1.82, 2.24) is 25.9 Å². The lowest BCUT2D eigenvalue weighted by atomic mass is 10.00. The molecule has 16 heteroatoms. The van der Waals surface area contributed by atoms with Gasteiger partial charge in [0.25, 0.3) is 15.9 Å². The van der Waals surface area contributed by atoms with Gasteiger partial charge in [-0.2, -0.15) is 0 Å². The zero-order chi connectivity index (χ0) is 32.7. The molecule has 1 atom stereocenters. The van der Waals surface area contributed by atoms with Crippen LogP contribution in [0.25, 0.3) is 11.1 Å². The number of carboxylic acid groups (broad SMARTS) is 1. The predicted octanol–water partition coefficient (Wildman–Crippen LogP) is 2.61. The Balaban J connectivity index is 1.33. The zero-order valence-corrected chi connectivity index (χ0v) is 26.3. The van der Waals surface area contributed by atoms with Crippen LogP contribution in [0.15, 0.2) is 65.1 Å². The number of rotatable bonds is 15. The summed E-state index contributed by atoms with van der Waals surface area (Å²) in [4.78, 5) is 32.1. The second-order valence-corrected chi connectivity index (χ2v) is 13.1. The first-order valence-electron chi connectivity index (χ1n) is 14.4. The van der Waals surface area contributed by atoms with Gasteiger partial charge in [-0.3, -0.25) is 14.9 Å². The first-order chi connectivity index (χ1) is 22.1. The number of guanidine groups is 1. The van der Waals surface area contributed by atoms with Gasteiger partial charge in [0.15, 0.2) is 5.96 Å². The van der Waals surface area contributed by atoms with Crippen molar-refractivity contribution in [2.75, 3.05) is 17.9 Å². The standard InChI is InChI=1S/C30H34N8O6S2/c31-30(32)36-8-2-5-23(29(40)41)37-28(39)27-22(7-12-45-27)38-46(42,43)24-15-21(14-20-6-11-44-26(20)24)19-4-1-3-18(13-19)16-33-17-25-34-9-10-35-25/h1,3-4,7,9-10,12-15,23,33,38H,2,5-6,8,11,16-17H2,(H,34,35)(H,37,39)(H,40,41)(H4,31,32,36)/t23-/m0/s1. The largest absolute Gasteiger partial charge is 0.492 e. The normalized spacial score (nSPS) is 13.0. The van der Waals surface area contributed by atoms with Crippen molar-refractivity contribution in [3.63, 3.8) is 0 Å². The van der Waals surface area contributed by atoms with Gasteiger partial charge in [0, 0.05) is 31.9 Å². The molecule has 1 amide bonds. The van der Waals surface area contributed by atoms with Gasteiger partial charge in [0.1, 0.15) is 27.4 Å². The SMILES string of the molecule is N=C(N)NCCC[C@H](NC(=O)c1sccc1NS(=O)(=O)c1cc(-c2cccc(CNCc3ncc[nH]3)c2)cc2c1OCC2)C(=O)O. The molecule has 2 aromatic heterocycles. The molecule has 0 saturated carbocycles. The summed E-state index contributed by atoms with van der Waals surface area (Å²) in [5.41, 5.74) is 8.56. The maximum atomic E-state index is 13.8. The number of benzene rings is 2. The highest BCUT2D eigenvalue weighted by Gasteiger charge is 2.29. The number of anilines is 1. The number of hydrogen-bond acceptors (Lipinski definition) is 9. The quantitative estimate of drug-likeness (QED) is 0.0526. The van der Waals surface area contributed by atoms with Gasteiger partial charge in [0.2, 0.25) is 0 Å². The molecule has 0 spiro atoms. The average molecular weight is 667 g/mol. The van der Waals surface area contributed by atoms with Gasteiger partial charge in [-0.25, -0.2) is 18.2 Å². The van der Waals surface area contributed by atoms with Crippen LogP contribution < -0.4 is 31.1 Å². The van der Waals surface area contributed by atoms with E-state index >= 15 is 0 Å². The van der Waals surface area contributed by atoms with Gasteiger partial charge in [-0.15, -0.1) is 11.3 Å². The summed E-state index contributed by atoms with van der Waals surface area (Å²) in [5, 5.41) is 26.7. The van der Waals surface area contributed by atoms with Crippen LogP contribution in [0.2, 0.25) is 0 Å². The molecule has 46 heavy (non-hydrogen) atoms. The molecule has 0 saturated heterocycles. The molecule has 242 valence electrons. The number of carboxylic acids is 1. The minimum atomic E-state index is -4.24. The van der Waals surface area contributed by atoms with Crippen LogP contribution in [0, 0.1) is 5.41 Å². The molecule has 0 unspecified atom stereocenters. The zero-order valence-electron chi connectivity index (χ0n) is 24.6. The molecule has 3 heterocycles. The Bertz CT molecular complexity index is 1820. The highest BCUT2D eigenvalue weighted by atomic mass is 32.2. The van der Waals surface area contributed by atoms with E-state index in [4.69, 9.17) is 15.9 Å². The lowest BCUT2D eigenvalue weighted by Crippen LogP contribution is -2.41. The van der Waals surface area contributed by atoms with Crippen molar-refractivity contribution in [3.05, 3.63) is 82.1 Å². The molecule has 0 bridgehead atoms. The number of amides is 1. The van der Waals surface area contributed by atoms with Crippen molar-refractivity contribution in [2.45, 2.75) is 43.3 Å². The molecule has 0 aliphatic carbocycles. The Morgan fingerprint density at radius 3 is 2.78 bits per heavy atom. The number of nitrogens with zero attached hydrogens (tertiary/aromatic N) is 1. The van der Waals surface area contributed by atoms with E-state index < -0.39 is 27.9 Å². The third-order valence-corrected chi connectivity index (χ3v) is 9.46. The van der Waals surface area contributed by atoms with Gasteiger partial charge in [-0.05, 0) is 64.7 Å². The molecule has 4 aromatic rings. The summed E-state index contributed by atoms with van der Waals surface area (Å²) in [5.74, 6) is -1.12. The lowest BCUT2D eigenvalue weighted by Gasteiger charge is -2.16. The number of nitrogens with two attached hydrogens (primary N) is 1. The number of hydrogen-bond donors (Lipinski definition) is 8. The van der Waals surface area contributed by atoms with Crippen molar-refractivity contribution < 1.29 is 27.9 Å². The summed E-state index contributed by atoms with van der Waals surface area (Å²) in [7, 11) is -4.24. The number of fused-ring (bicyclic) bond motifs is 1. The second-order valence-electron chi connectivity index (χ2n) is 10.5. The van der Waals surface area contributed by atoms with Crippen LogP contribution in [-0.4, -0.2) is 60.5 Å². The van der Waals surface area contributed by atoms with E-state index in [0.29, 0.717) is 38.1 Å². The van der Waals surface area contributed by atoms with Gasteiger partial charge < -0.3 is 36.5 Å². The Morgan fingerprint density at radius 1 is 1.17 bits per heavy atom. The fraction of sp³-hybridized carbons (Fsp3) is 0.267. The molecule has 2 aromatic carbocycles. The monoisotopic (exact) mass is 666 g/mol. The maximum Gasteiger partial charge on any atom is 0.326 e. The number of sulfonamides is 1. The van der Waals surface area contributed by atoms with Crippen molar-refractivity contribution in [3.8, 4) is 16.9 Å². The summed E-state index contributed by atoms with van der Waals surface area (Å²) < 4.78 is 35.9. The smallest absolute Gasteiger partial charge is 0.326 e. The fourth-order valence-electron chi connectivity index (χ4n) is 5.00. The summed E-state index contributed by atoms with van der Waals surface area (Å²) in [6.45, 7) is 1.75. The molecular formula is C30H34N8O6S2. The number of H-pyrrole nitrogens is 1. The molecule has 9 N–H and O–H groups in total. The van der Waals surface area contributed by atoms with Crippen LogP contribution in [0.4, 0.5) is 5.69 Å². The van der Waals surface area contributed by atoms with Crippen molar-refractivity contribution >= 4 is 44.9 Å². The summed E-state index contributed by atoms with van der Waals surface area (Å²) in [6.07, 6.45) is 4.40. The van der Waals surface area contributed by atoms with Crippen LogP contribution in [-0.2, 0) is 34.3 Å². The number of aliphatic carboxylic acids is 1. The van der Waals surface area contributed by atoms with E-state index in [2.05, 4.69) is 30.6 Å². The number of carbonyl (C=O) groups is 2.